The number of hydrogen-bond acceptors (Lipinski definition) is 3. The summed E-state index contributed by atoms with van der Waals surface area (Å²) in [6.45, 7) is 4.77. The van der Waals surface area contributed by atoms with Crippen LogP contribution in [0.25, 0.3) is 10.9 Å². The monoisotopic (exact) mass is 470 g/mol. The molecule has 3 rings (SSSR count). The number of pyridine rings is 1. The third kappa shape index (κ3) is 6.02. The molecule has 0 amide bonds. The maximum atomic E-state index is 4.75. The lowest BCUT2D eigenvalue weighted by Crippen LogP contribution is -2.38. The summed E-state index contributed by atoms with van der Waals surface area (Å²) in [5.74, 6) is 2.22. The van der Waals surface area contributed by atoms with E-state index in [0.29, 0.717) is 5.25 Å². The molecule has 1 aromatic carbocycles. The molecular formula is C19H27IN4S. The molecule has 1 atom stereocenters. The fourth-order valence-electron chi connectivity index (χ4n) is 3.01. The van der Waals surface area contributed by atoms with Gasteiger partial charge in [0.25, 0.3) is 0 Å². The van der Waals surface area contributed by atoms with Gasteiger partial charge in [-0.3, -0.25) is 9.98 Å². The summed E-state index contributed by atoms with van der Waals surface area (Å²) in [6.07, 6.45) is 5.44. The average molecular weight is 470 g/mol. The second-order valence-electron chi connectivity index (χ2n) is 6.02. The molecular weight excluding hydrogens is 443 g/mol. The molecule has 6 heteroatoms. The van der Waals surface area contributed by atoms with Gasteiger partial charge >= 0.3 is 0 Å². The predicted octanol–water partition coefficient (Wildman–Crippen LogP) is 3.85. The summed E-state index contributed by atoms with van der Waals surface area (Å²) >= 11 is 2.05. The molecule has 4 nitrogen and oxygen atoms in total. The molecule has 0 saturated carbocycles. The highest BCUT2D eigenvalue weighted by molar-refractivity contribution is 14.0. The zero-order valence-corrected chi connectivity index (χ0v) is 17.8. The maximum Gasteiger partial charge on any atom is 0.191 e. The third-order valence-corrected chi connectivity index (χ3v) is 5.60. The number of fused-ring (bicyclic) bond motifs is 1. The number of aliphatic imine (C=N–C) groups is 1. The number of nitrogens with zero attached hydrogens (tertiary/aromatic N) is 2. The largest absolute Gasteiger partial charge is 0.357 e. The highest BCUT2D eigenvalue weighted by atomic mass is 127. The lowest BCUT2D eigenvalue weighted by Gasteiger charge is -2.13. The number of hydrogen-bond donors (Lipinski definition) is 2. The van der Waals surface area contributed by atoms with Gasteiger partial charge in [-0.15, -0.1) is 24.0 Å². The standard InChI is InChI=1S/C19H26N4S.HI/c1-2-20-19(23-14-17-9-5-13-24-17)22-12-10-16-7-3-6-15-8-4-11-21-18(15)16;/h3-4,6-8,11,17H,2,5,9-10,12-14H2,1H3,(H2,20,22,23);1H. The van der Waals surface area contributed by atoms with Gasteiger partial charge in [0.1, 0.15) is 0 Å². The molecule has 1 unspecified atom stereocenters. The average Bonchev–Trinajstić information content (AvgIpc) is 3.13. The van der Waals surface area contributed by atoms with E-state index in [4.69, 9.17) is 4.99 Å². The van der Waals surface area contributed by atoms with Gasteiger partial charge in [0.2, 0.25) is 0 Å². The van der Waals surface area contributed by atoms with E-state index in [9.17, 15) is 0 Å². The van der Waals surface area contributed by atoms with Gasteiger partial charge in [0.15, 0.2) is 5.96 Å². The van der Waals surface area contributed by atoms with E-state index in [1.165, 1.54) is 29.5 Å². The van der Waals surface area contributed by atoms with Crippen molar-refractivity contribution < 1.29 is 0 Å². The van der Waals surface area contributed by atoms with E-state index in [-0.39, 0.29) is 24.0 Å². The van der Waals surface area contributed by atoms with Crippen LogP contribution >= 0.6 is 35.7 Å². The molecule has 2 N–H and O–H groups in total. The Bertz CT molecular complexity index is 681. The van der Waals surface area contributed by atoms with Gasteiger partial charge in [0.05, 0.1) is 12.1 Å². The molecule has 0 spiro atoms. The number of halogens is 1. The molecule has 2 heterocycles. The second kappa shape index (κ2) is 10.9. The number of nitrogens with one attached hydrogen (secondary N) is 2. The van der Waals surface area contributed by atoms with E-state index in [1.54, 1.807) is 0 Å². The highest BCUT2D eigenvalue weighted by Gasteiger charge is 2.14. The van der Waals surface area contributed by atoms with Crippen LogP contribution in [0.2, 0.25) is 0 Å². The van der Waals surface area contributed by atoms with Crippen molar-refractivity contribution in [2.45, 2.75) is 31.4 Å². The lowest BCUT2D eigenvalue weighted by molar-refractivity contribution is 0.761. The van der Waals surface area contributed by atoms with Crippen molar-refractivity contribution in [3.63, 3.8) is 0 Å². The minimum atomic E-state index is 0. The van der Waals surface area contributed by atoms with Gasteiger partial charge in [-0.1, -0.05) is 24.3 Å². The first-order chi connectivity index (χ1) is 11.9. The number of benzene rings is 1. The lowest BCUT2D eigenvalue weighted by atomic mass is 10.1. The van der Waals surface area contributed by atoms with Crippen molar-refractivity contribution in [3.8, 4) is 0 Å². The number of para-hydroxylation sites is 1. The van der Waals surface area contributed by atoms with Crippen LogP contribution in [0.3, 0.4) is 0 Å². The molecule has 136 valence electrons. The van der Waals surface area contributed by atoms with E-state index < -0.39 is 0 Å². The van der Waals surface area contributed by atoms with Crippen molar-refractivity contribution >= 4 is 52.6 Å². The van der Waals surface area contributed by atoms with Crippen molar-refractivity contribution in [1.82, 2.24) is 15.6 Å². The van der Waals surface area contributed by atoms with E-state index in [2.05, 4.69) is 58.6 Å². The van der Waals surface area contributed by atoms with Crippen LogP contribution in [0.4, 0.5) is 0 Å². The number of rotatable bonds is 6. The summed E-state index contributed by atoms with van der Waals surface area (Å²) < 4.78 is 0. The Balaban J connectivity index is 0.00000225. The van der Waals surface area contributed by atoms with E-state index in [1.807, 2.05) is 12.3 Å². The van der Waals surface area contributed by atoms with Crippen molar-refractivity contribution in [2.75, 3.05) is 25.4 Å². The maximum absolute atomic E-state index is 4.75. The first-order valence-corrected chi connectivity index (χ1v) is 9.88. The van der Waals surface area contributed by atoms with Crippen LogP contribution in [0.1, 0.15) is 25.3 Å². The van der Waals surface area contributed by atoms with Gasteiger partial charge in [-0.25, -0.2) is 0 Å². The Labute approximate surface area is 171 Å². The van der Waals surface area contributed by atoms with Gasteiger partial charge < -0.3 is 10.6 Å². The molecule has 0 bridgehead atoms. The van der Waals surface area contributed by atoms with Crippen LogP contribution in [-0.4, -0.2) is 41.6 Å². The molecule has 1 aliphatic rings. The Morgan fingerprint density at radius 2 is 2.16 bits per heavy atom. The molecule has 1 aromatic heterocycles. The Morgan fingerprint density at radius 3 is 2.96 bits per heavy atom. The molecule has 0 aliphatic carbocycles. The predicted molar refractivity (Wildman–Crippen MR) is 120 cm³/mol. The van der Waals surface area contributed by atoms with Crippen LogP contribution in [0.15, 0.2) is 41.5 Å². The fraction of sp³-hybridized carbons (Fsp3) is 0.474. The zero-order valence-electron chi connectivity index (χ0n) is 14.7. The first-order valence-electron chi connectivity index (χ1n) is 8.83. The minimum Gasteiger partial charge on any atom is -0.357 e. The Kier molecular flexibility index (Phi) is 8.81. The normalized spacial score (nSPS) is 17.3. The molecule has 2 aromatic rings. The summed E-state index contributed by atoms with van der Waals surface area (Å²) in [4.78, 5) is 9.27. The zero-order chi connectivity index (χ0) is 16.6. The molecule has 1 aliphatic heterocycles. The van der Waals surface area contributed by atoms with Crippen LogP contribution in [-0.2, 0) is 6.42 Å². The smallest absolute Gasteiger partial charge is 0.191 e. The van der Waals surface area contributed by atoms with Gasteiger partial charge in [-0.2, -0.15) is 11.8 Å². The summed E-state index contributed by atoms with van der Waals surface area (Å²) in [6, 6.07) is 10.5. The van der Waals surface area contributed by atoms with Gasteiger partial charge in [-0.05, 0) is 43.6 Å². The third-order valence-electron chi connectivity index (χ3n) is 4.22. The quantitative estimate of drug-likeness (QED) is 0.383. The number of thioether (sulfide) groups is 1. The van der Waals surface area contributed by atoms with Crippen LogP contribution in [0.5, 0.6) is 0 Å². The van der Waals surface area contributed by atoms with E-state index >= 15 is 0 Å². The fourth-order valence-corrected chi connectivity index (χ4v) is 4.19. The van der Waals surface area contributed by atoms with Crippen molar-refractivity contribution in [3.05, 3.63) is 42.1 Å². The highest BCUT2D eigenvalue weighted by Crippen LogP contribution is 2.26. The summed E-state index contributed by atoms with van der Waals surface area (Å²) in [5, 5.41) is 8.70. The molecule has 1 saturated heterocycles. The van der Waals surface area contributed by atoms with Crippen LogP contribution in [0, 0.1) is 0 Å². The number of guanidine groups is 1. The first kappa shape index (κ1) is 20.3. The minimum absolute atomic E-state index is 0. The van der Waals surface area contributed by atoms with E-state index in [0.717, 1.165) is 37.5 Å². The second-order valence-corrected chi connectivity index (χ2v) is 7.43. The van der Waals surface area contributed by atoms with Crippen molar-refractivity contribution in [1.29, 1.82) is 0 Å². The van der Waals surface area contributed by atoms with Gasteiger partial charge in [0, 0.05) is 29.9 Å². The van der Waals surface area contributed by atoms with Crippen LogP contribution < -0.4 is 10.6 Å². The molecule has 0 radical (unpaired) electrons. The summed E-state index contributed by atoms with van der Waals surface area (Å²) in [5.41, 5.74) is 2.38. The van der Waals surface area contributed by atoms with Crippen molar-refractivity contribution in [2.24, 2.45) is 4.99 Å². The molecule has 25 heavy (non-hydrogen) atoms. The summed E-state index contributed by atoms with van der Waals surface area (Å²) in [7, 11) is 0. The Morgan fingerprint density at radius 1 is 1.28 bits per heavy atom. The SMILES string of the molecule is CCNC(=NCC1CCCS1)NCCc1cccc2cccnc12.I. The molecule has 1 fully saturated rings. The topological polar surface area (TPSA) is 49.3 Å². The Hall–Kier alpha value is -1.02. The number of aromatic nitrogens is 1.